The van der Waals surface area contributed by atoms with Gasteiger partial charge in [0.1, 0.15) is 6.04 Å². The van der Waals surface area contributed by atoms with Crippen LogP contribution >= 0.6 is 27.7 Å². The molecule has 0 bridgehead atoms. The molecule has 1 saturated heterocycles. The molecule has 108 valence electrons. The highest BCUT2D eigenvalue weighted by Crippen LogP contribution is 2.23. The first-order chi connectivity index (χ1) is 9.49. The Kier molecular flexibility index (Phi) is 4.93. The number of hydrogen-bond acceptors (Lipinski definition) is 3. The van der Waals surface area contributed by atoms with Crippen LogP contribution in [0.2, 0.25) is 0 Å². The van der Waals surface area contributed by atoms with Crippen molar-refractivity contribution in [3.05, 3.63) is 34.3 Å². The zero-order valence-electron chi connectivity index (χ0n) is 11.0. The van der Waals surface area contributed by atoms with Crippen molar-refractivity contribution in [1.29, 1.82) is 0 Å². The molecule has 1 aromatic carbocycles. The molecule has 0 spiro atoms. The zero-order chi connectivity index (χ0) is 14.7. The van der Waals surface area contributed by atoms with E-state index in [0.29, 0.717) is 18.2 Å². The second-order valence-corrected chi connectivity index (χ2v) is 6.51. The minimum atomic E-state index is -0.945. The van der Waals surface area contributed by atoms with Crippen molar-refractivity contribution < 1.29 is 14.7 Å². The summed E-state index contributed by atoms with van der Waals surface area (Å²) in [4.78, 5) is 26.4. The Hall–Kier alpha value is -1.21. The molecule has 0 unspecified atom stereocenters. The van der Waals surface area contributed by atoms with Crippen molar-refractivity contribution in [2.24, 2.45) is 0 Å². The van der Waals surface area contributed by atoms with Gasteiger partial charge in [0.25, 0.3) is 0 Å². The minimum Gasteiger partial charge on any atom is -0.480 e. The predicted molar refractivity (Wildman–Crippen MR) is 81.6 cm³/mol. The van der Waals surface area contributed by atoms with Crippen molar-refractivity contribution in [3.63, 3.8) is 0 Å². The fourth-order valence-electron chi connectivity index (χ4n) is 2.03. The summed E-state index contributed by atoms with van der Waals surface area (Å²) in [6.45, 7) is 0.450. The van der Waals surface area contributed by atoms with E-state index in [9.17, 15) is 9.59 Å². The van der Waals surface area contributed by atoms with E-state index in [0.717, 1.165) is 10.0 Å². The number of halogens is 1. The third kappa shape index (κ3) is 3.46. The number of urea groups is 1. The summed E-state index contributed by atoms with van der Waals surface area (Å²) in [5, 5.41) is 9.11. The van der Waals surface area contributed by atoms with Gasteiger partial charge in [-0.3, -0.25) is 0 Å². The van der Waals surface area contributed by atoms with Crippen molar-refractivity contribution in [3.8, 4) is 0 Å². The van der Waals surface area contributed by atoms with E-state index in [2.05, 4.69) is 15.9 Å². The first-order valence-corrected chi connectivity index (χ1v) is 8.00. The molecule has 2 rings (SSSR count). The standard InChI is InChI=1S/C13H15BrN2O3S/c1-15(6-9-3-2-4-10(14)5-9)13(19)16-8-20-7-11(16)12(17)18/h2-5,11H,6-8H2,1H3,(H,17,18)/t11-/m0/s1. The van der Waals surface area contributed by atoms with Crippen molar-refractivity contribution in [2.75, 3.05) is 18.7 Å². The molecule has 5 nitrogen and oxygen atoms in total. The Labute approximate surface area is 130 Å². The van der Waals surface area contributed by atoms with Crippen LogP contribution in [-0.2, 0) is 11.3 Å². The quantitative estimate of drug-likeness (QED) is 0.901. The van der Waals surface area contributed by atoms with E-state index in [1.54, 1.807) is 11.9 Å². The Morgan fingerprint density at radius 3 is 2.95 bits per heavy atom. The SMILES string of the molecule is CN(Cc1cccc(Br)c1)C(=O)N1CSC[C@H]1C(=O)O. The third-order valence-corrected chi connectivity index (χ3v) is 4.55. The van der Waals surface area contributed by atoms with Crippen molar-refractivity contribution in [2.45, 2.75) is 12.6 Å². The van der Waals surface area contributed by atoms with Crippen molar-refractivity contribution >= 4 is 39.7 Å². The van der Waals surface area contributed by atoms with Gasteiger partial charge in [0.2, 0.25) is 0 Å². The summed E-state index contributed by atoms with van der Waals surface area (Å²) in [5.74, 6) is -0.0658. The summed E-state index contributed by atoms with van der Waals surface area (Å²) >= 11 is 4.85. The van der Waals surface area contributed by atoms with Gasteiger partial charge in [-0.2, -0.15) is 0 Å². The molecule has 1 atom stereocenters. The number of benzene rings is 1. The van der Waals surface area contributed by atoms with Crippen LogP contribution in [0.5, 0.6) is 0 Å². The number of rotatable bonds is 3. The summed E-state index contributed by atoms with van der Waals surface area (Å²) in [6.07, 6.45) is 0. The molecule has 20 heavy (non-hydrogen) atoms. The summed E-state index contributed by atoms with van der Waals surface area (Å²) in [6, 6.07) is 6.73. The average Bonchev–Trinajstić information content (AvgIpc) is 2.87. The molecule has 0 radical (unpaired) electrons. The number of nitrogens with zero attached hydrogens (tertiary/aromatic N) is 2. The number of hydrogen-bond donors (Lipinski definition) is 1. The largest absolute Gasteiger partial charge is 0.480 e. The smallest absolute Gasteiger partial charge is 0.327 e. The molecule has 1 aromatic rings. The molecule has 1 fully saturated rings. The van der Waals surface area contributed by atoms with Crippen molar-refractivity contribution in [1.82, 2.24) is 9.80 Å². The lowest BCUT2D eigenvalue weighted by Gasteiger charge is -2.27. The van der Waals surface area contributed by atoms with E-state index >= 15 is 0 Å². The highest BCUT2D eigenvalue weighted by molar-refractivity contribution is 9.10. The third-order valence-electron chi connectivity index (χ3n) is 3.05. The van der Waals surface area contributed by atoms with E-state index in [4.69, 9.17) is 5.11 Å². The van der Waals surface area contributed by atoms with Gasteiger partial charge in [-0.1, -0.05) is 28.1 Å². The predicted octanol–water partition coefficient (Wildman–Crippen LogP) is 2.46. The lowest BCUT2D eigenvalue weighted by Crippen LogP contribution is -2.47. The Morgan fingerprint density at radius 2 is 2.30 bits per heavy atom. The van der Waals surface area contributed by atoms with Gasteiger partial charge >= 0.3 is 12.0 Å². The first kappa shape index (κ1) is 15.2. The average molecular weight is 359 g/mol. The molecule has 7 heteroatoms. The van der Waals surface area contributed by atoms with Crippen LogP contribution in [-0.4, -0.2) is 51.6 Å². The number of amides is 2. The molecule has 1 aliphatic heterocycles. The molecule has 1 heterocycles. The lowest BCUT2D eigenvalue weighted by atomic mass is 10.2. The van der Waals surface area contributed by atoms with E-state index in [1.807, 2.05) is 24.3 Å². The fourth-order valence-corrected chi connectivity index (χ4v) is 3.62. The van der Waals surface area contributed by atoms with Crippen LogP contribution in [0.25, 0.3) is 0 Å². The zero-order valence-corrected chi connectivity index (χ0v) is 13.4. The number of thioether (sulfide) groups is 1. The number of carboxylic acid groups (broad SMARTS) is 1. The normalized spacial score (nSPS) is 18.1. The van der Waals surface area contributed by atoms with E-state index in [1.165, 1.54) is 16.7 Å². The Bertz CT molecular complexity index is 526. The molecule has 2 amide bonds. The Morgan fingerprint density at radius 1 is 1.55 bits per heavy atom. The molecule has 0 aliphatic carbocycles. The van der Waals surface area contributed by atoms with Gasteiger partial charge in [0.15, 0.2) is 0 Å². The van der Waals surface area contributed by atoms with Gasteiger partial charge in [-0.05, 0) is 17.7 Å². The molecule has 0 aromatic heterocycles. The molecule has 1 aliphatic rings. The van der Waals surface area contributed by atoms with Crippen LogP contribution in [0.1, 0.15) is 5.56 Å². The maximum atomic E-state index is 12.3. The van der Waals surface area contributed by atoms with Gasteiger partial charge in [0.05, 0.1) is 5.88 Å². The van der Waals surface area contributed by atoms with Crippen LogP contribution < -0.4 is 0 Å². The van der Waals surface area contributed by atoms with Crippen LogP contribution in [0.3, 0.4) is 0 Å². The number of carbonyl (C=O) groups excluding carboxylic acids is 1. The maximum absolute atomic E-state index is 12.3. The summed E-state index contributed by atoms with van der Waals surface area (Å²) in [7, 11) is 1.69. The molecule has 0 saturated carbocycles. The van der Waals surface area contributed by atoms with Crippen LogP contribution in [0.4, 0.5) is 4.79 Å². The molecule has 1 N–H and O–H groups in total. The molecular weight excluding hydrogens is 344 g/mol. The topological polar surface area (TPSA) is 60.9 Å². The van der Waals surface area contributed by atoms with Gasteiger partial charge in [0, 0.05) is 23.8 Å². The number of carboxylic acids is 1. The highest BCUT2D eigenvalue weighted by Gasteiger charge is 2.35. The lowest BCUT2D eigenvalue weighted by molar-refractivity contribution is -0.140. The van der Waals surface area contributed by atoms with Crippen LogP contribution in [0.15, 0.2) is 28.7 Å². The second-order valence-electron chi connectivity index (χ2n) is 4.59. The maximum Gasteiger partial charge on any atom is 0.327 e. The number of aliphatic carboxylic acids is 1. The summed E-state index contributed by atoms with van der Waals surface area (Å²) in [5.41, 5.74) is 0.994. The second kappa shape index (κ2) is 6.49. The van der Waals surface area contributed by atoms with E-state index < -0.39 is 12.0 Å². The first-order valence-electron chi connectivity index (χ1n) is 6.06. The van der Waals surface area contributed by atoms with Gasteiger partial charge in [-0.15, -0.1) is 11.8 Å². The van der Waals surface area contributed by atoms with Gasteiger partial charge in [-0.25, -0.2) is 9.59 Å². The Balaban J connectivity index is 2.03. The monoisotopic (exact) mass is 358 g/mol. The van der Waals surface area contributed by atoms with Crippen LogP contribution in [0, 0.1) is 0 Å². The van der Waals surface area contributed by atoms with Gasteiger partial charge < -0.3 is 14.9 Å². The summed E-state index contributed by atoms with van der Waals surface area (Å²) < 4.78 is 0.955. The number of carbonyl (C=O) groups is 2. The fraction of sp³-hybridized carbons (Fsp3) is 0.385. The highest BCUT2D eigenvalue weighted by atomic mass is 79.9. The van der Waals surface area contributed by atoms with E-state index in [-0.39, 0.29) is 6.03 Å². The minimum absolute atomic E-state index is 0.248. The molecular formula is C13H15BrN2O3S.